The lowest BCUT2D eigenvalue weighted by atomic mass is 9.63. The Kier molecular flexibility index (Phi) is 8.07. The Balaban J connectivity index is 1.47. The molecule has 234 valence electrons. The van der Waals surface area contributed by atoms with Crippen molar-refractivity contribution in [3.8, 4) is 5.75 Å². The molecule has 3 aromatic rings. The second-order valence-electron chi connectivity index (χ2n) is 14.0. The molecule has 0 spiro atoms. The molecule has 3 aromatic carbocycles. The van der Waals surface area contributed by atoms with Crippen molar-refractivity contribution in [3.05, 3.63) is 118 Å². The average Bonchev–Trinajstić information content (AvgIpc) is 2.95. The smallest absolute Gasteiger partial charge is 0.339 e. The maximum atomic E-state index is 14.1. The van der Waals surface area contributed by atoms with Crippen molar-refractivity contribution in [2.45, 2.75) is 70.6 Å². The van der Waals surface area contributed by atoms with E-state index in [2.05, 4.69) is 44.7 Å². The van der Waals surface area contributed by atoms with Crippen molar-refractivity contribution in [2.75, 3.05) is 6.54 Å². The monoisotopic (exact) mass is 643 g/mol. The van der Waals surface area contributed by atoms with Gasteiger partial charge in [-0.15, -0.1) is 0 Å². The topological polar surface area (TPSA) is 80.8 Å². The molecule has 1 heterocycles. The Morgan fingerprint density at radius 2 is 1.36 bits per heavy atom. The standard InChI is InChI=1S/C37H38ClNO5S/c1-36(2)20-29-34(31(40)22-36)33(25-11-8-12-27(19-25)44-45(42,43)28-15-13-26(38)14-16-28)35-30(21-37(3,4)23-32(35)41)39(29)18-17-24-9-6-5-7-10-24/h5-16,19,33H,17-18,20-23H2,1-4H3. The van der Waals surface area contributed by atoms with Crippen LogP contribution in [0.25, 0.3) is 0 Å². The van der Waals surface area contributed by atoms with Gasteiger partial charge in [0.15, 0.2) is 11.6 Å². The Bertz CT molecular complexity index is 1780. The van der Waals surface area contributed by atoms with Gasteiger partial charge in [-0.2, -0.15) is 8.42 Å². The summed E-state index contributed by atoms with van der Waals surface area (Å²) in [5, 5.41) is 0.417. The Hall–Kier alpha value is -3.68. The summed E-state index contributed by atoms with van der Waals surface area (Å²) in [6.45, 7) is 9.14. The van der Waals surface area contributed by atoms with E-state index in [0.717, 1.165) is 17.8 Å². The minimum absolute atomic E-state index is 0.0200. The highest BCUT2D eigenvalue weighted by Gasteiger charge is 2.49. The molecular formula is C37H38ClNO5S. The van der Waals surface area contributed by atoms with Gasteiger partial charge in [0.2, 0.25) is 0 Å². The van der Waals surface area contributed by atoms with E-state index in [9.17, 15) is 18.0 Å². The minimum atomic E-state index is -4.14. The SMILES string of the molecule is CC1(C)CC(=O)C2=C(C1)N(CCc1ccccc1)C1=C(C(=O)CC(C)(C)C1)C2c1cccc(OS(=O)(=O)c2ccc(Cl)cc2)c1. The van der Waals surface area contributed by atoms with Crippen LogP contribution in [0.5, 0.6) is 5.75 Å². The van der Waals surface area contributed by atoms with E-state index in [1.54, 1.807) is 18.2 Å². The number of hydrogen-bond acceptors (Lipinski definition) is 6. The number of allylic oxidation sites excluding steroid dienone is 4. The number of hydrogen-bond donors (Lipinski definition) is 0. The Labute approximate surface area is 270 Å². The van der Waals surface area contributed by atoms with Crippen molar-refractivity contribution in [1.29, 1.82) is 0 Å². The van der Waals surface area contributed by atoms with Gasteiger partial charge in [-0.3, -0.25) is 9.59 Å². The fraction of sp³-hybridized carbons (Fsp3) is 0.351. The molecule has 6 rings (SSSR count). The molecule has 6 nitrogen and oxygen atoms in total. The molecular weight excluding hydrogens is 606 g/mol. The zero-order valence-electron chi connectivity index (χ0n) is 26.1. The van der Waals surface area contributed by atoms with Crippen LogP contribution in [0.1, 0.15) is 70.4 Å². The predicted molar refractivity (Wildman–Crippen MR) is 175 cm³/mol. The zero-order chi connectivity index (χ0) is 32.1. The molecule has 0 unspecified atom stereocenters. The van der Waals surface area contributed by atoms with Gasteiger partial charge in [0, 0.05) is 52.9 Å². The van der Waals surface area contributed by atoms with Gasteiger partial charge in [0.05, 0.1) is 0 Å². The molecule has 0 saturated heterocycles. The molecule has 0 saturated carbocycles. The van der Waals surface area contributed by atoms with Gasteiger partial charge in [-0.25, -0.2) is 0 Å². The van der Waals surface area contributed by atoms with Crippen molar-refractivity contribution in [1.82, 2.24) is 4.90 Å². The summed E-state index contributed by atoms with van der Waals surface area (Å²) in [4.78, 5) is 30.5. The van der Waals surface area contributed by atoms with Crippen LogP contribution in [0.3, 0.4) is 0 Å². The van der Waals surface area contributed by atoms with Gasteiger partial charge in [-0.05, 0) is 77.6 Å². The maximum Gasteiger partial charge on any atom is 0.339 e. The summed E-state index contributed by atoms with van der Waals surface area (Å²) in [5.41, 5.74) is 4.62. The fourth-order valence-electron chi connectivity index (χ4n) is 7.06. The second-order valence-corrected chi connectivity index (χ2v) is 16.0. The maximum absolute atomic E-state index is 14.1. The Morgan fingerprint density at radius 3 is 1.93 bits per heavy atom. The van der Waals surface area contributed by atoms with Crippen LogP contribution in [0.15, 0.2) is 106 Å². The summed E-state index contributed by atoms with van der Waals surface area (Å²) in [6, 6.07) is 22.9. The van der Waals surface area contributed by atoms with Gasteiger partial charge >= 0.3 is 10.1 Å². The van der Waals surface area contributed by atoms with Gasteiger partial charge in [0.1, 0.15) is 10.6 Å². The molecule has 8 heteroatoms. The zero-order valence-corrected chi connectivity index (χ0v) is 27.7. The molecule has 3 aliphatic rings. The average molecular weight is 644 g/mol. The van der Waals surface area contributed by atoms with Crippen molar-refractivity contribution >= 4 is 33.3 Å². The van der Waals surface area contributed by atoms with Gasteiger partial charge in [0.25, 0.3) is 0 Å². The first-order valence-corrected chi connectivity index (χ1v) is 17.2. The normalized spacial score (nSPS) is 19.8. The molecule has 0 amide bonds. The van der Waals surface area contributed by atoms with E-state index in [1.165, 1.54) is 29.8 Å². The highest BCUT2D eigenvalue weighted by Crippen LogP contribution is 2.54. The lowest BCUT2D eigenvalue weighted by Gasteiger charge is -2.49. The van der Waals surface area contributed by atoms with E-state index in [-0.39, 0.29) is 33.0 Å². The summed E-state index contributed by atoms with van der Waals surface area (Å²) < 4.78 is 31.8. The fourth-order valence-corrected chi connectivity index (χ4v) is 8.11. The highest BCUT2D eigenvalue weighted by molar-refractivity contribution is 7.87. The van der Waals surface area contributed by atoms with Crippen LogP contribution in [0.4, 0.5) is 0 Å². The van der Waals surface area contributed by atoms with Crippen LogP contribution in [0.2, 0.25) is 5.02 Å². The number of benzene rings is 3. The third-order valence-corrected chi connectivity index (χ3v) is 10.5. The lowest BCUT2D eigenvalue weighted by molar-refractivity contribution is -0.119. The van der Waals surface area contributed by atoms with Crippen LogP contribution in [-0.2, 0) is 26.1 Å². The molecule has 0 N–H and O–H groups in total. The first kappa shape index (κ1) is 31.3. The third-order valence-electron chi connectivity index (χ3n) is 8.99. The number of rotatable bonds is 7. The minimum Gasteiger partial charge on any atom is -0.379 e. The first-order chi connectivity index (χ1) is 21.2. The lowest BCUT2D eigenvalue weighted by Crippen LogP contribution is -2.45. The van der Waals surface area contributed by atoms with Crippen LogP contribution >= 0.6 is 11.6 Å². The van der Waals surface area contributed by atoms with Crippen LogP contribution in [0, 0.1) is 10.8 Å². The first-order valence-electron chi connectivity index (χ1n) is 15.4. The molecule has 0 fully saturated rings. The second kappa shape index (κ2) is 11.6. The highest BCUT2D eigenvalue weighted by atomic mass is 35.5. The number of Topliss-reactive ketones (excluding diaryl/α,β-unsaturated/α-hetero) is 2. The molecule has 2 aliphatic carbocycles. The van der Waals surface area contributed by atoms with E-state index < -0.39 is 16.0 Å². The molecule has 1 aliphatic heterocycles. The summed E-state index contributed by atoms with van der Waals surface area (Å²) >= 11 is 5.96. The largest absolute Gasteiger partial charge is 0.379 e. The molecule has 0 bridgehead atoms. The van der Waals surface area contributed by atoms with E-state index in [4.69, 9.17) is 15.8 Å². The molecule has 0 aromatic heterocycles. The molecule has 0 atom stereocenters. The molecule has 0 radical (unpaired) electrons. The van der Waals surface area contributed by atoms with E-state index >= 15 is 0 Å². The van der Waals surface area contributed by atoms with E-state index in [0.29, 0.717) is 54.0 Å². The predicted octanol–water partition coefficient (Wildman–Crippen LogP) is 8.04. The van der Waals surface area contributed by atoms with Crippen molar-refractivity contribution in [2.24, 2.45) is 10.8 Å². The third kappa shape index (κ3) is 6.38. The number of ketones is 2. The van der Waals surface area contributed by atoms with E-state index in [1.807, 2.05) is 24.3 Å². The van der Waals surface area contributed by atoms with Crippen molar-refractivity contribution < 1.29 is 22.2 Å². The quantitative estimate of drug-likeness (QED) is 0.243. The number of carbonyl (C=O) groups excluding carboxylic acids is 2. The van der Waals surface area contributed by atoms with Crippen LogP contribution < -0.4 is 4.18 Å². The summed E-state index contributed by atoms with van der Waals surface area (Å²) in [6.07, 6.45) is 2.92. The Morgan fingerprint density at radius 1 is 0.778 bits per heavy atom. The van der Waals surface area contributed by atoms with Gasteiger partial charge < -0.3 is 9.08 Å². The molecule has 45 heavy (non-hydrogen) atoms. The van der Waals surface area contributed by atoms with Crippen molar-refractivity contribution in [3.63, 3.8) is 0 Å². The number of carbonyl (C=O) groups is 2. The summed E-state index contributed by atoms with van der Waals surface area (Å²) in [7, 11) is -4.14. The van der Waals surface area contributed by atoms with Gasteiger partial charge in [-0.1, -0.05) is 81.8 Å². The number of halogens is 1. The van der Waals surface area contributed by atoms with Crippen LogP contribution in [-0.4, -0.2) is 31.4 Å². The summed E-state index contributed by atoms with van der Waals surface area (Å²) in [5.74, 6) is -0.428. The number of nitrogens with zero attached hydrogens (tertiary/aromatic N) is 1.